The van der Waals surface area contributed by atoms with Gasteiger partial charge in [-0.15, -0.1) is 4.05 Å². The van der Waals surface area contributed by atoms with Gasteiger partial charge in [-0.1, -0.05) is 45.4 Å². The van der Waals surface area contributed by atoms with Crippen molar-refractivity contribution in [1.29, 1.82) is 0 Å². The molecule has 0 N–H and O–H groups in total. The van der Waals surface area contributed by atoms with Crippen molar-refractivity contribution < 1.29 is 0 Å². The van der Waals surface area contributed by atoms with Gasteiger partial charge in [-0.2, -0.15) is 0 Å². The summed E-state index contributed by atoms with van der Waals surface area (Å²) in [5, 5.41) is 0. The Hall–Kier alpha value is 1.06. The average molecular weight is 185 g/mol. The molecule has 1 rings (SSSR count). The fourth-order valence-corrected chi connectivity index (χ4v) is 3.79. The van der Waals surface area contributed by atoms with E-state index in [1.54, 1.807) is 0 Å². The highest BCUT2D eigenvalue weighted by Crippen LogP contribution is 2.34. The minimum absolute atomic E-state index is 0.196. The van der Waals surface area contributed by atoms with Gasteiger partial charge in [0.2, 0.25) is 0 Å². The van der Waals surface area contributed by atoms with Crippen LogP contribution in [0.2, 0.25) is 4.05 Å². The van der Waals surface area contributed by atoms with Crippen molar-refractivity contribution in [1.82, 2.24) is 0 Å². The summed E-state index contributed by atoms with van der Waals surface area (Å²) in [6.45, 7) is 2.29. The Labute approximate surface area is 83.6 Å². The van der Waals surface area contributed by atoms with Crippen molar-refractivity contribution in [3.05, 3.63) is 0 Å². The monoisotopic (exact) mass is 184 g/mol. The van der Waals surface area contributed by atoms with E-state index in [-0.39, 0.29) is 19.3 Å². The maximum absolute atomic E-state index is 5.94. The van der Waals surface area contributed by atoms with Crippen molar-refractivity contribution in [2.45, 2.75) is 49.5 Å². The number of halogens is 1. The Kier molecular flexibility index (Phi) is 5.22. The van der Waals surface area contributed by atoms with E-state index in [0.29, 0.717) is 0 Å². The van der Waals surface area contributed by atoms with Gasteiger partial charge < -0.3 is 9.07 Å². The van der Waals surface area contributed by atoms with Gasteiger partial charge in [0.1, 0.15) is 0 Å². The zero-order chi connectivity index (χ0) is 8.10. The highest BCUT2D eigenvalue weighted by molar-refractivity contribution is 6.94. The Balaban J connectivity index is 2.14. The molecule has 0 heterocycles. The van der Waals surface area contributed by atoms with E-state index in [0.717, 1.165) is 9.97 Å². The van der Waals surface area contributed by atoms with Gasteiger partial charge in [0, 0.05) is 0 Å². The minimum atomic E-state index is -0.196. The maximum atomic E-state index is 5.94. The highest BCUT2D eigenvalue weighted by Gasteiger charge is 2.20. The summed E-state index contributed by atoms with van der Waals surface area (Å²) in [7, 11) is 5.94. The molecule has 0 aromatic carbocycles. The molecule has 0 amide bonds. The Bertz CT molecular complexity index is 97.7. The molecule has 0 aliphatic heterocycles. The first kappa shape index (κ1) is 10.1. The van der Waals surface area contributed by atoms with E-state index in [1.807, 2.05) is 0 Å². The molecular weight excluding hydrogens is 168 g/mol. The number of rotatable bonds is 3. The molecule has 0 radical (unpaired) electrons. The summed E-state index contributed by atoms with van der Waals surface area (Å²) >= 11 is -0.196. The van der Waals surface area contributed by atoms with E-state index in [9.17, 15) is 0 Å². The van der Waals surface area contributed by atoms with Crippen LogP contribution in [0.3, 0.4) is 0 Å². The van der Waals surface area contributed by atoms with Crippen LogP contribution in [0.1, 0.15) is 45.4 Å². The van der Waals surface area contributed by atoms with Gasteiger partial charge in [0.15, 0.2) is 0 Å². The van der Waals surface area contributed by atoms with Crippen LogP contribution in [-0.2, 0) is 0 Å². The van der Waals surface area contributed by atoms with Crippen LogP contribution in [0, 0.1) is 5.92 Å². The van der Waals surface area contributed by atoms with Crippen LogP contribution in [0.4, 0.5) is 0 Å². The smallest absolute Gasteiger partial charge is 0.346 e. The van der Waals surface area contributed by atoms with Crippen LogP contribution >= 0.6 is 9.07 Å². The molecule has 0 bridgehead atoms. The molecule has 0 aromatic rings. The number of hydrogen-bond donors (Lipinski definition) is 0. The van der Waals surface area contributed by atoms with Gasteiger partial charge in [0.25, 0.3) is 0 Å². The first-order chi connectivity index (χ1) is 5.36. The zero-order valence-electron chi connectivity index (χ0n) is 7.48. The maximum Gasteiger partial charge on any atom is 0.504 e. The molecule has 11 heavy (non-hydrogen) atoms. The molecule has 1 aliphatic rings. The van der Waals surface area contributed by atoms with Crippen molar-refractivity contribution in [2.75, 3.05) is 0 Å². The third-order valence-electron chi connectivity index (χ3n) is 2.88. The second kappa shape index (κ2) is 5.66. The molecule has 1 saturated carbocycles. The lowest BCUT2D eigenvalue weighted by atomic mass is 9.86. The van der Waals surface area contributed by atoms with Crippen LogP contribution < -0.4 is 0 Å². The highest BCUT2D eigenvalue weighted by atomic mass is 35.5. The fraction of sp³-hybridized carbons (Fsp3) is 1.00. The summed E-state index contributed by atoms with van der Waals surface area (Å²) < 4.78 is 0.977. The average Bonchev–Trinajstić information content (AvgIpc) is 2.07. The van der Waals surface area contributed by atoms with E-state index >= 15 is 0 Å². The van der Waals surface area contributed by atoms with E-state index < -0.39 is 0 Å². The summed E-state index contributed by atoms with van der Waals surface area (Å²) in [5.41, 5.74) is 0. The third-order valence-corrected chi connectivity index (χ3v) is 5.44. The van der Waals surface area contributed by atoms with Crippen molar-refractivity contribution in [3.63, 3.8) is 0 Å². The molecule has 62 valence electrons. The van der Waals surface area contributed by atoms with E-state index in [2.05, 4.69) is 6.92 Å². The first-order valence-electron chi connectivity index (χ1n) is 4.92. The lowest BCUT2D eigenvalue weighted by Crippen LogP contribution is -2.12. The molecule has 0 saturated heterocycles. The van der Waals surface area contributed by atoms with Gasteiger partial charge in [-0.3, -0.25) is 0 Å². The number of hydrogen-bond acceptors (Lipinski definition) is 0. The quantitative estimate of drug-likeness (QED) is 0.589. The second-order valence-corrected chi connectivity index (χ2v) is 6.22. The molecule has 1 aliphatic carbocycles. The molecule has 0 atom stereocenters. The van der Waals surface area contributed by atoms with E-state index in [1.165, 1.54) is 38.5 Å². The SMILES string of the molecule is CCCC1CC[CH]([Mg][Cl])CC1. The lowest BCUT2D eigenvalue weighted by Gasteiger charge is -2.26. The van der Waals surface area contributed by atoms with Crippen molar-refractivity contribution in [2.24, 2.45) is 5.92 Å². The first-order valence-corrected chi connectivity index (χ1v) is 7.88. The Morgan fingerprint density at radius 1 is 1.27 bits per heavy atom. The summed E-state index contributed by atoms with van der Waals surface area (Å²) in [6.07, 6.45) is 8.65. The second-order valence-electron chi connectivity index (χ2n) is 3.83. The van der Waals surface area contributed by atoms with Crippen LogP contribution in [0.25, 0.3) is 0 Å². The molecule has 0 unspecified atom stereocenters. The van der Waals surface area contributed by atoms with Gasteiger partial charge in [-0.25, -0.2) is 0 Å². The largest absolute Gasteiger partial charge is 0.504 e. The van der Waals surface area contributed by atoms with E-state index in [4.69, 9.17) is 9.07 Å². The summed E-state index contributed by atoms with van der Waals surface area (Å²) in [4.78, 5) is 0. The van der Waals surface area contributed by atoms with Gasteiger partial charge >= 0.3 is 19.3 Å². The molecule has 2 heteroatoms. The summed E-state index contributed by atoms with van der Waals surface area (Å²) in [5.74, 6) is 1.05. The Morgan fingerprint density at radius 2 is 1.91 bits per heavy atom. The standard InChI is InChI=1S/C9H17.ClH.Mg/c1-2-6-9-7-4-3-5-8-9;;/h3,9H,2,4-8H2,1H3;1H;/q;;+1/p-1. The topological polar surface area (TPSA) is 0 Å². The van der Waals surface area contributed by atoms with Crippen LogP contribution in [0.15, 0.2) is 0 Å². The summed E-state index contributed by atoms with van der Waals surface area (Å²) in [6, 6.07) is 0. The predicted octanol–water partition coefficient (Wildman–Crippen LogP) is 3.62. The van der Waals surface area contributed by atoms with Crippen LogP contribution in [0.5, 0.6) is 0 Å². The van der Waals surface area contributed by atoms with Gasteiger partial charge in [-0.05, 0) is 5.92 Å². The van der Waals surface area contributed by atoms with Crippen molar-refractivity contribution >= 4 is 28.3 Å². The predicted molar refractivity (Wildman–Crippen MR) is 52.2 cm³/mol. The van der Waals surface area contributed by atoms with Crippen LogP contribution in [-0.4, -0.2) is 19.3 Å². The van der Waals surface area contributed by atoms with Crippen molar-refractivity contribution in [3.8, 4) is 0 Å². The molecule has 0 spiro atoms. The zero-order valence-corrected chi connectivity index (χ0v) is 9.65. The Morgan fingerprint density at radius 3 is 2.36 bits per heavy atom. The fourth-order valence-electron chi connectivity index (χ4n) is 2.08. The molecule has 0 nitrogen and oxygen atoms in total. The lowest BCUT2D eigenvalue weighted by molar-refractivity contribution is 0.336. The van der Waals surface area contributed by atoms with Gasteiger partial charge in [0.05, 0.1) is 0 Å². The third kappa shape index (κ3) is 3.52. The normalized spacial score (nSPS) is 31.5. The molecular formula is C9H17ClMg. The molecule has 0 aromatic heterocycles. The minimum Gasteiger partial charge on any atom is -0.346 e. The molecule has 1 fully saturated rings.